The monoisotopic (exact) mass is 387 g/mol. The smallest absolute Gasteiger partial charge is 0.321 e. The SMILES string of the molecule is CCc1nnc2ccc(N3CCN(C(=O)Nc4ccc(F)c(F)c4)CC3)nn12. The fraction of sp³-hybridized carbons (Fsp3) is 0.333. The largest absolute Gasteiger partial charge is 0.352 e. The Kier molecular flexibility index (Phi) is 4.76. The van der Waals surface area contributed by atoms with Gasteiger partial charge >= 0.3 is 6.03 Å². The first-order valence-corrected chi connectivity index (χ1v) is 9.02. The van der Waals surface area contributed by atoms with Gasteiger partial charge in [0.15, 0.2) is 23.1 Å². The highest BCUT2D eigenvalue weighted by Crippen LogP contribution is 2.17. The van der Waals surface area contributed by atoms with Gasteiger partial charge in [-0.25, -0.2) is 13.6 Å². The van der Waals surface area contributed by atoms with Crippen molar-refractivity contribution in [3.63, 3.8) is 0 Å². The van der Waals surface area contributed by atoms with Crippen LogP contribution in [0, 0.1) is 11.6 Å². The number of hydrogen-bond acceptors (Lipinski definition) is 5. The lowest BCUT2D eigenvalue weighted by Gasteiger charge is -2.35. The maximum atomic E-state index is 13.3. The number of aromatic nitrogens is 4. The molecule has 146 valence electrons. The first kappa shape index (κ1) is 18.1. The van der Waals surface area contributed by atoms with Crippen LogP contribution in [-0.2, 0) is 6.42 Å². The summed E-state index contributed by atoms with van der Waals surface area (Å²) in [5, 5.41) is 15.4. The molecule has 1 aliphatic heterocycles. The van der Waals surface area contributed by atoms with Crippen LogP contribution in [-0.4, -0.2) is 56.9 Å². The molecule has 0 bridgehead atoms. The van der Waals surface area contributed by atoms with Crippen molar-refractivity contribution in [1.82, 2.24) is 24.7 Å². The molecule has 0 aliphatic carbocycles. The maximum absolute atomic E-state index is 13.3. The second-order valence-electron chi connectivity index (χ2n) is 6.46. The number of carbonyl (C=O) groups excluding carboxylic acids is 1. The predicted octanol–water partition coefficient (Wildman–Crippen LogP) is 2.32. The standard InChI is InChI=1S/C18H19F2N7O/c1-2-15-22-23-16-5-6-17(24-27(15)16)25-7-9-26(10-8-25)18(28)21-12-3-4-13(19)14(20)11-12/h3-6,11H,2,7-10H2,1H3,(H,21,28). The Balaban J connectivity index is 1.40. The number of nitrogens with zero attached hydrogens (tertiary/aromatic N) is 6. The van der Waals surface area contributed by atoms with E-state index in [0.717, 1.165) is 30.2 Å². The summed E-state index contributed by atoms with van der Waals surface area (Å²) in [5.41, 5.74) is 0.920. The molecule has 1 aromatic carbocycles. The molecule has 0 radical (unpaired) electrons. The second-order valence-corrected chi connectivity index (χ2v) is 6.46. The number of rotatable bonds is 3. The van der Waals surface area contributed by atoms with E-state index in [1.165, 1.54) is 6.07 Å². The Hall–Kier alpha value is -3.30. The third kappa shape index (κ3) is 3.45. The van der Waals surface area contributed by atoms with Crippen molar-refractivity contribution in [2.24, 2.45) is 0 Å². The van der Waals surface area contributed by atoms with Gasteiger partial charge in [0.05, 0.1) is 0 Å². The number of nitrogens with one attached hydrogen (secondary N) is 1. The fourth-order valence-electron chi connectivity index (χ4n) is 3.13. The van der Waals surface area contributed by atoms with Gasteiger partial charge in [-0.15, -0.1) is 15.3 Å². The molecule has 10 heteroatoms. The van der Waals surface area contributed by atoms with E-state index in [-0.39, 0.29) is 11.7 Å². The molecule has 8 nitrogen and oxygen atoms in total. The molecule has 2 amide bonds. The normalized spacial score (nSPS) is 14.5. The molecule has 0 spiro atoms. The number of halogens is 2. The summed E-state index contributed by atoms with van der Waals surface area (Å²) >= 11 is 0. The van der Waals surface area contributed by atoms with Crippen LogP contribution < -0.4 is 10.2 Å². The van der Waals surface area contributed by atoms with Gasteiger partial charge in [-0.3, -0.25) is 0 Å². The number of carbonyl (C=O) groups is 1. The van der Waals surface area contributed by atoms with Gasteiger partial charge < -0.3 is 15.1 Å². The highest BCUT2D eigenvalue weighted by molar-refractivity contribution is 5.89. The Morgan fingerprint density at radius 1 is 1.07 bits per heavy atom. The Bertz CT molecular complexity index is 1010. The molecular weight excluding hydrogens is 368 g/mol. The molecule has 0 atom stereocenters. The van der Waals surface area contributed by atoms with Crippen molar-refractivity contribution >= 4 is 23.2 Å². The van der Waals surface area contributed by atoms with E-state index < -0.39 is 11.6 Å². The van der Waals surface area contributed by atoms with Crippen LogP contribution in [0.3, 0.4) is 0 Å². The van der Waals surface area contributed by atoms with E-state index >= 15 is 0 Å². The van der Waals surface area contributed by atoms with Crippen LogP contribution in [0.25, 0.3) is 5.65 Å². The van der Waals surface area contributed by atoms with Crippen molar-refractivity contribution in [2.45, 2.75) is 13.3 Å². The van der Waals surface area contributed by atoms with Crippen LogP contribution in [0.5, 0.6) is 0 Å². The fourth-order valence-corrected chi connectivity index (χ4v) is 3.13. The molecule has 1 N–H and O–H groups in total. The number of urea groups is 1. The summed E-state index contributed by atoms with van der Waals surface area (Å²) in [6, 6.07) is 6.70. The minimum Gasteiger partial charge on any atom is -0.352 e. The average molecular weight is 387 g/mol. The van der Waals surface area contributed by atoms with Gasteiger partial charge in [-0.1, -0.05) is 6.92 Å². The number of anilines is 2. The Morgan fingerprint density at radius 3 is 2.57 bits per heavy atom. The molecule has 3 heterocycles. The summed E-state index contributed by atoms with van der Waals surface area (Å²) in [6.07, 6.45) is 0.732. The number of piperazine rings is 1. The van der Waals surface area contributed by atoms with Crippen LogP contribution in [0.4, 0.5) is 25.1 Å². The highest BCUT2D eigenvalue weighted by Gasteiger charge is 2.23. The Morgan fingerprint density at radius 2 is 1.86 bits per heavy atom. The predicted molar refractivity (Wildman–Crippen MR) is 99.3 cm³/mol. The van der Waals surface area contributed by atoms with Crippen LogP contribution in [0.2, 0.25) is 0 Å². The average Bonchev–Trinajstić information content (AvgIpc) is 3.13. The summed E-state index contributed by atoms with van der Waals surface area (Å²) in [6.45, 7) is 4.17. The number of aryl methyl sites for hydroxylation is 1. The maximum Gasteiger partial charge on any atom is 0.321 e. The van der Waals surface area contributed by atoms with Gasteiger partial charge in [0, 0.05) is 44.4 Å². The number of hydrogen-bond donors (Lipinski definition) is 1. The summed E-state index contributed by atoms with van der Waals surface area (Å²) in [4.78, 5) is 16.1. The van der Waals surface area contributed by atoms with E-state index in [1.54, 1.807) is 9.42 Å². The third-order valence-electron chi connectivity index (χ3n) is 4.69. The lowest BCUT2D eigenvalue weighted by Crippen LogP contribution is -2.50. The minimum atomic E-state index is -0.996. The lowest BCUT2D eigenvalue weighted by molar-refractivity contribution is 0.208. The summed E-state index contributed by atoms with van der Waals surface area (Å²) in [5.74, 6) is -0.357. The first-order valence-electron chi connectivity index (χ1n) is 9.02. The van der Waals surface area contributed by atoms with Gasteiger partial charge in [0.25, 0.3) is 0 Å². The van der Waals surface area contributed by atoms with Crippen LogP contribution >= 0.6 is 0 Å². The van der Waals surface area contributed by atoms with Gasteiger partial charge in [-0.05, 0) is 24.3 Å². The summed E-state index contributed by atoms with van der Waals surface area (Å²) in [7, 11) is 0. The van der Waals surface area contributed by atoms with Crippen molar-refractivity contribution in [1.29, 1.82) is 0 Å². The molecule has 1 saturated heterocycles. The molecule has 28 heavy (non-hydrogen) atoms. The molecule has 1 aliphatic rings. The van der Waals surface area contributed by atoms with Crippen molar-refractivity contribution in [2.75, 3.05) is 36.4 Å². The van der Waals surface area contributed by atoms with Gasteiger partial charge in [-0.2, -0.15) is 4.52 Å². The lowest BCUT2D eigenvalue weighted by atomic mass is 10.3. The van der Waals surface area contributed by atoms with Crippen LogP contribution in [0.15, 0.2) is 30.3 Å². The first-order chi connectivity index (χ1) is 13.5. The van der Waals surface area contributed by atoms with E-state index in [1.807, 2.05) is 19.1 Å². The molecular formula is C18H19F2N7O. The zero-order valence-corrected chi connectivity index (χ0v) is 15.3. The van der Waals surface area contributed by atoms with E-state index in [9.17, 15) is 13.6 Å². The van der Waals surface area contributed by atoms with Crippen LogP contribution in [0.1, 0.15) is 12.7 Å². The molecule has 2 aromatic heterocycles. The molecule has 0 unspecified atom stereocenters. The number of benzene rings is 1. The molecule has 3 aromatic rings. The second kappa shape index (κ2) is 7.37. The van der Waals surface area contributed by atoms with Crippen molar-refractivity contribution in [3.05, 3.63) is 47.8 Å². The third-order valence-corrected chi connectivity index (χ3v) is 4.69. The number of fused-ring (bicyclic) bond motifs is 1. The van der Waals surface area contributed by atoms with Gasteiger partial charge in [0.1, 0.15) is 5.82 Å². The highest BCUT2D eigenvalue weighted by atomic mass is 19.2. The zero-order chi connectivity index (χ0) is 19.7. The van der Waals surface area contributed by atoms with E-state index in [0.29, 0.717) is 31.8 Å². The van der Waals surface area contributed by atoms with Crippen molar-refractivity contribution in [3.8, 4) is 0 Å². The van der Waals surface area contributed by atoms with Crippen molar-refractivity contribution < 1.29 is 13.6 Å². The molecule has 4 rings (SSSR count). The van der Waals surface area contributed by atoms with Gasteiger partial charge in [0.2, 0.25) is 0 Å². The Labute approximate surface area is 159 Å². The topological polar surface area (TPSA) is 78.7 Å². The van der Waals surface area contributed by atoms with E-state index in [2.05, 4.69) is 25.5 Å². The molecule has 0 saturated carbocycles. The zero-order valence-electron chi connectivity index (χ0n) is 15.3. The minimum absolute atomic E-state index is 0.221. The summed E-state index contributed by atoms with van der Waals surface area (Å²) < 4.78 is 28.0. The van der Waals surface area contributed by atoms with E-state index in [4.69, 9.17) is 0 Å². The quantitative estimate of drug-likeness (QED) is 0.746. The number of amides is 2. The molecule has 1 fully saturated rings.